The molecule has 1 N–H and O–H groups in total. The Hall–Kier alpha value is -3.01. The van der Waals surface area contributed by atoms with E-state index in [1.807, 2.05) is 6.07 Å². The van der Waals surface area contributed by atoms with Gasteiger partial charge in [0.25, 0.3) is 0 Å². The molecule has 1 aliphatic rings. The van der Waals surface area contributed by atoms with Crippen LogP contribution in [0.1, 0.15) is 31.2 Å². The van der Waals surface area contributed by atoms with Crippen LogP contribution in [0.4, 0.5) is 0 Å². The zero-order valence-electron chi connectivity index (χ0n) is 20.0. The van der Waals surface area contributed by atoms with Crippen molar-refractivity contribution in [1.82, 2.24) is 29.5 Å². The molecule has 2 aromatic heterocycles. The van der Waals surface area contributed by atoms with Crippen molar-refractivity contribution < 1.29 is 9.53 Å². The van der Waals surface area contributed by atoms with Crippen LogP contribution in [0.25, 0.3) is 11.5 Å². The molecule has 0 bridgehead atoms. The van der Waals surface area contributed by atoms with Gasteiger partial charge in [-0.2, -0.15) is 4.68 Å². The fourth-order valence-electron chi connectivity index (χ4n) is 3.96. The van der Waals surface area contributed by atoms with Gasteiger partial charge >= 0.3 is 5.69 Å². The molecule has 0 saturated carbocycles. The van der Waals surface area contributed by atoms with Crippen molar-refractivity contribution in [3.05, 3.63) is 69.5 Å². The second-order valence-electron chi connectivity index (χ2n) is 8.53. The number of hydrogen-bond donors (Lipinski definition) is 1. The summed E-state index contributed by atoms with van der Waals surface area (Å²) in [5.41, 5.74) is 1.22. The highest BCUT2D eigenvalue weighted by molar-refractivity contribution is 6.30. The first-order valence-corrected chi connectivity index (χ1v) is 12.4. The number of halogens is 1. The predicted octanol–water partition coefficient (Wildman–Crippen LogP) is 2.41. The van der Waals surface area contributed by atoms with E-state index in [1.54, 1.807) is 36.5 Å². The Morgan fingerprint density at radius 1 is 1.20 bits per heavy atom. The van der Waals surface area contributed by atoms with Crippen LogP contribution in [0.3, 0.4) is 0 Å². The monoisotopic (exact) mass is 498 g/mol. The van der Waals surface area contributed by atoms with Gasteiger partial charge in [-0.1, -0.05) is 37.1 Å². The van der Waals surface area contributed by atoms with E-state index in [9.17, 15) is 9.59 Å². The third-order valence-corrected chi connectivity index (χ3v) is 6.17. The maximum atomic E-state index is 13.4. The van der Waals surface area contributed by atoms with Gasteiger partial charge in [0.1, 0.15) is 5.82 Å². The normalized spacial score (nSPS) is 14.2. The fraction of sp³-hybridized carbons (Fsp3) is 0.440. The molecular weight excluding hydrogens is 468 g/mol. The van der Waals surface area contributed by atoms with Crippen LogP contribution >= 0.6 is 11.6 Å². The predicted molar refractivity (Wildman–Crippen MR) is 135 cm³/mol. The van der Waals surface area contributed by atoms with E-state index in [0.29, 0.717) is 28.9 Å². The van der Waals surface area contributed by atoms with Crippen LogP contribution in [0, 0.1) is 0 Å². The molecule has 1 saturated heterocycles. The Bertz CT molecular complexity index is 1180. The number of unbranched alkanes of at least 4 members (excludes halogenated alkanes) is 1. The molecule has 35 heavy (non-hydrogen) atoms. The number of carbonyl (C=O) groups excluding carboxylic acids is 1. The standard InChI is InChI=1S/C25H31ClN6O3/c1-2-3-10-27-24(33)17-23-29-32(25(34)31(23)21-6-4-5-20(26)16-21)22-8-7-19(18-28-22)9-11-30-12-14-35-15-13-30/h4-8,16,18H,2-3,9-15,17H2,1H3,(H,27,33). The van der Waals surface area contributed by atoms with E-state index in [-0.39, 0.29) is 12.3 Å². The molecule has 1 aliphatic heterocycles. The molecule has 1 fully saturated rings. The summed E-state index contributed by atoms with van der Waals surface area (Å²) in [5.74, 6) is 0.535. The maximum absolute atomic E-state index is 13.4. The van der Waals surface area contributed by atoms with Gasteiger partial charge < -0.3 is 10.1 Å². The van der Waals surface area contributed by atoms with E-state index >= 15 is 0 Å². The van der Waals surface area contributed by atoms with Crippen molar-refractivity contribution in [2.45, 2.75) is 32.6 Å². The zero-order valence-corrected chi connectivity index (χ0v) is 20.7. The van der Waals surface area contributed by atoms with E-state index in [2.05, 4.69) is 27.2 Å². The summed E-state index contributed by atoms with van der Waals surface area (Å²) in [4.78, 5) is 32.8. The third kappa shape index (κ3) is 6.56. The Kier molecular flexibility index (Phi) is 8.68. The van der Waals surface area contributed by atoms with Crippen LogP contribution in [0.15, 0.2) is 47.4 Å². The van der Waals surface area contributed by atoms with Crippen molar-refractivity contribution in [3.8, 4) is 11.5 Å². The molecule has 186 valence electrons. The van der Waals surface area contributed by atoms with Gasteiger partial charge in [-0.15, -0.1) is 5.10 Å². The van der Waals surface area contributed by atoms with Crippen molar-refractivity contribution in [2.75, 3.05) is 39.4 Å². The van der Waals surface area contributed by atoms with Gasteiger partial charge in [0.15, 0.2) is 5.82 Å². The number of nitrogens with zero attached hydrogens (tertiary/aromatic N) is 5. The summed E-state index contributed by atoms with van der Waals surface area (Å²) in [6, 6.07) is 10.7. The number of morpholine rings is 1. The van der Waals surface area contributed by atoms with E-state index in [4.69, 9.17) is 16.3 Å². The Morgan fingerprint density at radius 3 is 2.74 bits per heavy atom. The number of rotatable bonds is 10. The highest BCUT2D eigenvalue weighted by Gasteiger charge is 2.20. The topological polar surface area (TPSA) is 94.3 Å². The minimum absolute atomic E-state index is 0.0316. The van der Waals surface area contributed by atoms with Crippen LogP contribution in [-0.4, -0.2) is 69.5 Å². The minimum Gasteiger partial charge on any atom is -0.379 e. The summed E-state index contributed by atoms with van der Waals surface area (Å²) in [7, 11) is 0. The number of nitrogens with one attached hydrogen (secondary N) is 1. The Morgan fingerprint density at radius 2 is 2.03 bits per heavy atom. The third-order valence-electron chi connectivity index (χ3n) is 5.93. The summed E-state index contributed by atoms with van der Waals surface area (Å²) >= 11 is 6.17. The van der Waals surface area contributed by atoms with E-state index < -0.39 is 5.69 Å². The van der Waals surface area contributed by atoms with Gasteiger partial charge in [0, 0.05) is 37.4 Å². The molecule has 0 atom stereocenters. The van der Waals surface area contributed by atoms with Gasteiger partial charge in [-0.3, -0.25) is 9.69 Å². The molecular formula is C25H31ClN6O3. The average molecular weight is 499 g/mol. The number of hydrogen-bond acceptors (Lipinski definition) is 6. The lowest BCUT2D eigenvalue weighted by Crippen LogP contribution is -2.37. The second-order valence-corrected chi connectivity index (χ2v) is 8.97. The molecule has 9 nitrogen and oxygen atoms in total. The van der Waals surface area contributed by atoms with Crippen molar-refractivity contribution >= 4 is 17.5 Å². The summed E-state index contributed by atoms with van der Waals surface area (Å²) in [5, 5.41) is 7.85. The highest BCUT2D eigenvalue weighted by atomic mass is 35.5. The summed E-state index contributed by atoms with van der Waals surface area (Å²) in [6.45, 7) is 7.01. The average Bonchev–Trinajstić information content (AvgIpc) is 3.19. The first-order chi connectivity index (χ1) is 17.0. The van der Waals surface area contributed by atoms with Gasteiger partial charge in [0.2, 0.25) is 5.91 Å². The molecule has 0 unspecified atom stereocenters. The Labute approximate surface area is 209 Å². The molecule has 1 aromatic carbocycles. The summed E-state index contributed by atoms with van der Waals surface area (Å²) in [6.07, 6.45) is 4.48. The molecule has 4 rings (SSSR count). The number of benzene rings is 1. The molecule has 3 aromatic rings. The number of amides is 1. The smallest absolute Gasteiger partial charge is 0.356 e. The lowest BCUT2D eigenvalue weighted by atomic mass is 10.2. The van der Waals surface area contributed by atoms with Gasteiger partial charge in [0.05, 0.1) is 25.3 Å². The lowest BCUT2D eigenvalue weighted by Gasteiger charge is -2.26. The molecule has 0 spiro atoms. The van der Waals surface area contributed by atoms with Crippen molar-refractivity contribution in [1.29, 1.82) is 0 Å². The van der Waals surface area contributed by atoms with Gasteiger partial charge in [-0.05, 0) is 42.7 Å². The highest BCUT2D eigenvalue weighted by Crippen LogP contribution is 2.16. The van der Waals surface area contributed by atoms with E-state index in [0.717, 1.165) is 57.7 Å². The summed E-state index contributed by atoms with van der Waals surface area (Å²) < 4.78 is 8.05. The van der Waals surface area contributed by atoms with Gasteiger partial charge in [-0.25, -0.2) is 14.3 Å². The number of ether oxygens (including phenoxy) is 1. The fourth-order valence-corrected chi connectivity index (χ4v) is 4.14. The molecule has 10 heteroatoms. The van der Waals surface area contributed by atoms with Crippen LogP contribution < -0.4 is 11.0 Å². The zero-order chi connectivity index (χ0) is 24.6. The van der Waals surface area contributed by atoms with Crippen molar-refractivity contribution in [2.24, 2.45) is 0 Å². The van der Waals surface area contributed by atoms with Crippen molar-refractivity contribution in [3.63, 3.8) is 0 Å². The van der Waals surface area contributed by atoms with Crippen LogP contribution in [0.5, 0.6) is 0 Å². The SMILES string of the molecule is CCCCNC(=O)Cc1nn(-c2ccc(CCN3CCOCC3)cn2)c(=O)n1-c1cccc(Cl)c1. The largest absolute Gasteiger partial charge is 0.379 e. The molecule has 0 aliphatic carbocycles. The molecule has 3 heterocycles. The molecule has 0 radical (unpaired) electrons. The second kappa shape index (κ2) is 12.1. The van der Waals surface area contributed by atoms with Crippen LogP contribution in [-0.2, 0) is 22.4 Å². The minimum atomic E-state index is -0.405. The first kappa shape index (κ1) is 25.1. The number of pyridine rings is 1. The molecule has 1 amide bonds. The number of carbonyl (C=O) groups is 1. The van der Waals surface area contributed by atoms with Crippen LogP contribution in [0.2, 0.25) is 5.02 Å². The van der Waals surface area contributed by atoms with E-state index in [1.165, 1.54) is 9.25 Å². The quantitative estimate of drug-likeness (QED) is 0.431. The number of aromatic nitrogens is 4. The maximum Gasteiger partial charge on any atom is 0.356 e. The lowest BCUT2D eigenvalue weighted by molar-refractivity contribution is -0.120. The first-order valence-electron chi connectivity index (χ1n) is 12.0. The Balaban J connectivity index is 1.57.